The average molecular weight is 286 g/mol. The summed E-state index contributed by atoms with van der Waals surface area (Å²) >= 11 is 0. The number of carboxylic acid groups (broad SMARTS) is 1. The number of aromatic carboxylic acids is 1. The van der Waals surface area contributed by atoms with E-state index in [1.807, 2.05) is 0 Å². The first-order valence-corrected chi connectivity index (χ1v) is 7.73. The first-order valence-electron chi connectivity index (χ1n) is 6.29. The predicted molar refractivity (Wildman–Crippen MR) is 69.5 cm³/mol. The van der Waals surface area contributed by atoms with Gasteiger partial charge in [0.15, 0.2) is 0 Å². The van der Waals surface area contributed by atoms with E-state index in [9.17, 15) is 13.2 Å². The summed E-state index contributed by atoms with van der Waals surface area (Å²) in [5, 5.41) is 8.79. The molecule has 0 spiro atoms. The van der Waals surface area contributed by atoms with Gasteiger partial charge in [0.05, 0.1) is 0 Å². The lowest BCUT2D eigenvalue weighted by Crippen LogP contribution is -2.31. The molecule has 0 amide bonds. The highest BCUT2D eigenvalue weighted by atomic mass is 32.2. The Hall–Kier alpha value is -1.34. The highest BCUT2D eigenvalue weighted by Gasteiger charge is 2.26. The van der Waals surface area contributed by atoms with Crippen LogP contribution in [-0.4, -0.2) is 42.4 Å². The first-order chi connectivity index (χ1) is 8.91. The van der Waals surface area contributed by atoms with E-state index in [0.29, 0.717) is 12.5 Å². The van der Waals surface area contributed by atoms with E-state index in [4.69, 9.17) is 5.11 Å². The Morgan fingerprint density at radius 3 is 2.63 bits per heavy atom. The maximum Gasteiger partial charge on any atom is 0.352 e. The van der Waals surface area contributed by atoms with Crippen LogP contribution in [0.5, 0.6) is 0 Å². The molecule has 2 rings (SSSR count). The third-order valence-corrected chi connectivity index (χ3v) is 5.39. The Labute approximate surface area is 112 Å². The minimum absolute atomic E-state index is 0.00500. The van der Waals surface area contributed by atoms with Crippen LogP contribution in [0.25, 0.3) is 0 Å². The largest absolute Gasteiger partial charge is 0.477 e. The second-order valence-corrected chi connectivity index (χ2v) is 7.04. The normalized spacial score (nSPS) is 17.2. The number of nitrogens with zero attached hydrogens (tertiary/aromatic N) is 1. The number of sulfonamides is 1. The van der Waals surface area contributed by atoms with E-state index in [1.165, 1.54) is 10.5 Å². The summed E-state index contributed by atoms with van der Waals surface area (Å²) in [6.07, 6.45) is 5.67. The van der Waals surface area contributed by atoms with Crippen molar-refractivity contribution in [1.29, 1.82) is 0 Å². The molecule has 2 N–H and O–H groups in total. The molecule has 0 aromatic carbocycles. The van der Waals surface area contributed by atoms with Gasteiger partial charge in [-0.1, -0.05) is 12.8 Å². The summed E-state index contributed by atoms with van der Waals surface area (Å²) in [6, 6.07) is 1.16. The zero-order chi connectivity index (χ0) is 14.0. The third kappa shape index (κ3) is 2.98. The summed E-state index contributed by atoms with van der Waals surface area (Å²) < 4.78 is 25.9. The Morgan fingerprint density at radius 1 is 1.47 bits per heavy atom. The summed E-state index contributed by atoms with van der Waals surface area (Å²) in [5.41, 5.74) is -0.118. The van der Waals surface area contributed by atoms with Gasteiger partial charge in [-0.3, -0.25) is 0 Å². The summed E-state index contributed by atoms with van der Waals surface area (Å²) in [5.74, 6) is -0.752. The van der Waals surface area contributed by atoms with Crippen molar-refractivity contribution in [1.82, 2.24) is 9.29 Å². The monoisotopic (exact) mass is 286 g/mol. The quantitative estimate of drug-likeness (QED) is 0.858. The van der Waals surface area contributed by atoms with Crippen molar-refractivity contribution in [3.8, 4) is 0 Å². The fraction of sp³-hybridized carbons (Fsp3) is 0.583. The van der Waals surface area contributed by atoms with Crippen LogP contribution in [-0.2, 0) is 10.0 Å². The molecule has 1 aliphatic rings. The maximum atomic E-state index is 12.3. The lowest BCUT2D eigenvalue weighted by atomic mass is 10.1. The van der Waals surface area contributed by atoms with Crippen LogP contribution in [0.3, 0.4) is 0 Å². The average Bonchev–Trinajstić information content (AvgIpc) is 2.99. The molecule has 0 bridgehead atoms. The smallest absolute Gasteiger partial charge is 0.352 e. The second-order valence-electron chi connectivity index (χ2n) is 4.99. The summed E-state index contributed by atoms with van der Waals surface area (Å²) in [4.78, 5) is 13.2. The Kier molecular flexibility index (Phi) is 3.96. The SMILES string of the molecule is CN(CC1CCCC1)S(=O)(=O)c1c[nH]c(C(=O)O)c1. The van der Waals surface area contributed by atoms with Crippen LogP contribution in [0.4, 0.5) is 0 Å². The van der Waals surface area contributed by atoms with Crippen LogP contribution < -0.4 is 0 Å². The molecule has 0 radical (unpaired) electrons. The van der Waals surface area contributed by atoms with Crippen molar-refractivity contribution in [2.75, 3.05) is 13.6 Å². The van der Waals surface area contributed by atoms with Gasteiger partial charge in [-0.25, -0.2) is 17.5 Å². The number of rotatable bonds is 5. The van der Waals surface area contributed by atoms with E-state index < -0.39 is 16.0 Å². The van der Waals surface area contributed by atoms with E-state index in [2.05, 4.69) is 4.98 Å². The molecule has 0 atom stereocenters. The van der Waals surface area contributed by atoms with Crippen molar-refractivity contribution < 1.29 is 18.3 Å². The van der Waals surface area contributed by atoms with Gasteiger partial charge >= 0.3 is 5.97 Å². The fourth-order valence-corrected chi connectivity index (χ4v) is 3.72. The number of H-pyrrole nitrogens is 1. The van der Waals surface area contributed by atoms with Crippen molar-refractivity contribution in [2.45, 2.75) is 30.6 Å². The molecule has 1 aliphatic carbocycles. The van der Waals surface area contributed by atoms with Crippen LogP contribution in [0, 0.1) is 5.92 Å². The molecule has 19 heavy (non-hydrogen) atoms. The standard InChI is InChI=1S/C12H18N2O4S/c1-14(8-9-4-2-3-5-9)19(17,18)10-6-11(12(15)16)13-7-10/h6-7,9,13H,2-5,8H2,1H3,(H,15,16). The molecule has 6 nitrogen and oxygen atoms in total. The Bertz CT molecular complexity index is 558. The van der Waals surface area contributed by atoms with Crippen molar-refractivity contribution in [2.24, 2.45) is 5.92 Å². The molecular weight excluding hydrogens is 268 g/mol. The number of hydrogen-bond acceptors (Lipinski definition) is 3. The molecule has 0 saturated heterocycles. The molecule has 0 unspecified atom stereocenters. The molecule has 1 aromatic heterocycles. The van der Waals surface area contributed by atoms with E-state index in [0.717, 1.165) is 31.7 Å². The zero-order valence-electron chi connectivity index (χ0n) is 10.8. The zero-order valence-corrected chi connectivity index (χ0v) is 11.6. The topological polar surface area (TPSA) is 90.5 Å². The molecule has 0 aliphatic heterocycles. The third-order valence-electron chi connectivity index (χ3n) is 3.59. The fourth-order valence-electron chi connectivity index (χ4n) is 2.48. The molecule has 1 fully saturated rings. The highest BCUT2D eigenvalue weighted by Crippen LogP contribution is 2.27. The van der Waals surface area contributed by atoms with Gasteiger partial charge in [0, 0.05) is 19.8 Å². The van der Waals surface area contributed by atoms with Crippen molar-refractivity contribution >= 4 is 16.0 Å². The molecule has 106 valence electrons. The molecule has 1 aromatic rings. The van der Waals surface area contributed by atoms with Crippen molar-refractivity contribution in [3.05, 3.63) is 18.0 Å². The van der Waals surface area contributed by atoms with Crippen LogP contribution >= 0.6 is 0 Å². The van der Waals surface area contributed by atoms with E-state index in [1.54, 1.807) is 7.05 Å². The van der Waals surface area contributed by atoms with E-state index in [-0.39, 0.29) is 10.6 Å². The number of hydrogen-bond donors (Lipinski definition) is 2. The maximum absolute atomic E-state index is 12.3. The number of nitrogens with one attached hydrogen (secondary N) is 1. The second kappa shape index (κ2) is 5.34. The van der Waals surface area contributed by atoms with Crippen LogP contribution in [0.1, 0.15) is 36.2 Å². The van der Waals surface area contributed by atoms with E-state index >= 15 is 0 Å². The predicted octanol–water partition coefficient (Wildman–Crippen LogP) is 1.52. The number of aromatic nitrogens is 1. The molecular formula is C12H18N2O4S. The highest BCUT2D eigenvalue weighted by molar-refractivity contribution is 7.89. The van der Waals surface area contributed by atoms with Gasteiger partial charge in [0.25, 0.3) is 0 Å². The first kappa shape index (κ1) is 14.1. The molecule has 7 heteroatoms. The summed E-state index contributed by atoms with van der Waals surface area (Å²) in [7, 11) is -2.06. The number of carbonyl (C=O) groups is 1. The molecule has 1 heterocycles. The van der Waals surface area contributed by atoms with Gasteiger partial charge < -0.3 is 10.1 Å². The minimum Gasteiger partial charge on any atom is -0.477 e. The number of aromatic amines is 1. The van der Waals surface area contributed by atoms with Crippen LogP contribution in [0.2, 0.25) is 0 Å². The van der Waals surface area contributed by atoms with Gasteiger partial charge in [-0.2, -0.15) is 0 Å². The minimum atomic E-state index is -3.60. The van der Waals surface area contributed by atoms with Crippen molar-refractivity contribution in [3.63, 3.8) is 0 Å². The lowest BCUT2D eigenvalue weighted by Gasteiger charge is -2.19. The lowest BCUT2D eigenvalue weighted by molar-refractivity contribution is 0.0691. The Morgan fingerprint density at radius 2 is 2.11 bits per heavy atom. The van der Waals surface area contributed by atoms with Gasteiger partial charge in [-0.05, 0) is 24.8 Å². The van der Waals surface area contributed by atoms with Crippen LogP contribution in [0.15, 0.2) is 17.2 Å². The summed E-state index contributed by atoms with van der Waals surface area (Å²) in [6.45, 7) is 0.496. The van der Waals surface area contributed by atoms with Gasteiger partial charge in [0.1, 0.15) is 10.6 Å². The Balaban J connectivity index is 2.13. The van der Waals surface area contributed by atoms with Gasteiger partial charge in [-0.15, -0.1) is 0 Å². The number of carboxylic acids is 1. The molecule has 1 saturated carbocycles. The van der Waals surface area contributed by atoms with Gasteiger partial charge in [0.2, 0.25) is 10.0 Å².